The number of rotatable bonds is 5. The second-order valence-corrected chi connectivity index (χ2v) is 4.65. The molecule has 2 N–H and O–H groups in total. The summed E-state index contributed by atoms with van der Waals surface area (Å²) in [5.74, 6) is -0.673. The summed E-state index contributed by atoms with van der Waals surface area (Å²) in [4.78, 5) is 33.6. The zero-order chi connectivity index (χ0) is 14.4. The lowest BCUT2D eigenvalue weighted by molar-refractivity contribution is -0.124. The van der Waals surface area contributed by atoms with Crippen LogP contribution in [0, 0.1) is 5.92 Å². The van der Waals surface area contributed by atoms with E-state index in [1.807, 2.05) is 13.8 Å². The Labute approximate surface area is 112 Å². The van der Waals surface area contributed by atoms with Gasteiger partial charge in [-0.05, 0) is 31.2 Å². The molecule has 0 bridgehead atoms. The van der Waals surface area contributed by atoms with Crippen molar-refractivity contribution in [3.63, 3.8) is 0 Å². The molecule has 0 saturated carbocycles. The van der Waals surface area contributed by atoms with Crippen LogP contribution in [-0.2, 0) is 14.4 Å². The molecule has 1 rings (SSSR count). The lowest BCUT2D eigenvalue weighted by Crippen LogP contribution is -2.18. The molecule has 0 heterocycles. The number of hydrogen-bond donors (Lipinski definition) is 2. The molecule has 5 heteroatoms. The lowest BCUT2D eigenvalue weighted by atomic mass is 10.2. The summed E-state index contributed by atoms with van der Waals surface area (Å²) in [5, 5.41) is 5.35. The van der Waals surface area contributed by atoms with E-state index >= 15 is 0 Å². The van der Waals surface area contributed by atoms with Crippen molar-refractivity contribution >= 4 is 29.0 Å². The number of carbonyl (C=O) groups excluding carboxylic acids is 3. The van der Waals surface area contributed by atoms with Gasteiger partial charge in [0, 0.05) is 17.3 Å². The number of amides is 2. The third-order valence-electron chi connectivity index (χ3n) is 2.37. The van der Waals surface area contributed by atoms with Crippen LogP contribution in [0.1, 0.15) is 27.2 Å². The SMILES string of the molecule is CC(=O)CC(=O)Nc1ccc(NC(=O)C(C)C)cc1. The molecule has 2 amide bonds. The van der Waals surface area contributed by atoms with Crippen LogP contribution < -0.4 is 10.6 Å². The fourth-order valence-electron chi connectivity index (χ4n) is 1.35. The first-order valence-corrected chi connectivity index (χ1v) is 6.08. The Morgan fingerprint density at radius 2 is 1.47 bits per heavy atom. The molecule has 19 heavy (non-hydrogen) atoms. The number of Topliss-reactive ketones (excluding diaryl/α,β-unsaturated/α-hetero) is 1. The molecule has 0 saturated heterocycles. The minimum Gasteiger partial charge on any atom is -0.326 e. The fourth-order valence-corrected chi connectivity index (χ4v) is 1.35. The highest BCUT2D eigenvalue weighted by Gasteiger charge is 2.08. The molecule has 102 valence electrons. The second-order valence-electron chi connectivity index (χ2n) is 4.65. The molecule has 0 spiro atoms. The Balaban J connectivity index is 2.59. The molecule has 0 aliphatic heterocycles. The maximum absolute atomic E-state index is 11.5. The van der Waals surface area contributed by atoms with Gasteiger partial charge in [0.05, 0.1) is 6.42 Å². The van der Waals surface area contributed by atoms with Gasteiger partial charge in [0.2, 0.25) is 11.8 Å². The van der Waals surface area contributed by atoms with E-state index < -0.39 is 0 Å². The maximum atomic E-state index is 11.5. The van der Waals surface area contributed by atoms with Crippen molar-refractivity contribution in [2.75, 3.05) is 10.6 Å². The van der Waals surface area contributed by atoms with Gasteiger partial charge in [0.15, 0.2) is 0 Å². The summed E-state index contributed by atoms with van der Waals surface area (Å²) in [6, 6.07) is 6.75. The molecule has 5 nitrogen and oxygen atoms in total. The highest BCUT2D eigenvalue weighted by atomic mass is 16.2. The zero-order valence-electron chi connectivity index (χ0n) is 11.3. The van der Waals surface area contributed by atoms with Crippen LogP contribution in [0.2, 0.25) is 0 Å². The number of benzene rings is 1. The van der Waals surface area contributed by atoms with Crippen LogP contribution in [0.15, 0.2) is 24.3 Å². The number of hydrogen-bond acceptors (Lipinski definition) is 3. The summed E-state index contributed by atoms with van der Waals surface area (Å²) in [5.41, 5.74) is 1.26. The Morgan fingerprint density at radius 3 is 1.89 bits per heavy atom. The molecule has 0 aliphatic rings. The van der Waals surface area contributed by atoms with E-state index in [0.717, 1.165) is 0 Å². The Kier molecular flexibility index (Phi) is 5.23. The predicted molar refractivity (Wildman–Crippen MR) is 73.8 cm³/mol. The Hall–Kier alpha value is -2.17. The van der Waals surface area contributed by atoms with E-state index in [4.69, 9.17) is 0 Å². The van der Waals surface area contributed by atoms with Crippen molar-refractivity contribution in [2.45, 2.75) is 27.2 Å². The average Bonchev–Trinajstić information content (AvgIpc) is 2.30. The van der Waals surface area contributed by atoms with Gasteiger partial charge >= 0.3 is 0 Å². The van der Waals surface area contributed by atoms with Gasteiger partial charge in [0.1, 0.15) is 5.78 Å². The van der Waals surface area contributed by atoms with Gasteiger partial charge in [-0.1, -0.05) is 13.8 Å². The van der Waals surface area contributed by atoms with Crippen molar-refractivity contribution in [3.05, 3.63) is 24.3 Å². The van der Waals surface area contributed by atoms with E-state index in [-0.39, 0.29) is 29.9 Å². The van der Waals surface area contributed by atoms with Gasteiger partial charge in [-0.15, -0.1) is 0 Å². The molecule has 0 fully saturated rings. The fraction of sp³-hybridized carbons (Fsp3) is 0.357. The summed E-state index contributed by atoms with van der Waals surface area (Å²) in [6.45, 7) is 4.99. The molecule has 0 unspecified atom stereocenters. The van der Waals surface area contributed by atoms with Gasteiger partial charge in [0.25, 0.3) is 0 Å². The summed E-state index contributed by atoms with van der Waals surface area (Å²) >= 11 is 0. The quantitative estimate of drug-likeness (QED) is 0.799. The molecule has 0 aromatic heterocycles. The van der Waals surface area contributed by atoms with Crippen LogP contribution in [0.3, 0.4) is 0 Å². The first-order chi connectivity index (χ1) is 8.88. The largest absolute Gasteiger partial charge is 0.326 e. The minimum absolute atomic E-state index is 0.0617. The monoisotopic (exact) mass is 262 g/mol. The molecule has 0 atom stereocenters. The number of carbonyl (C=O) groups is 3. The van der Waals surface area contributed by atoms with Crippen molar-refractivity contribution in [2.24, 2.45) is 5.92 Å². The molecular formula is C14H18N2O3. The van der Waals surface area contributed by atoms with Crippen molar-refractivity contribution in [3.8, 4) is 0 Å². The highest BCUT2D eigenvalue weighted by Crippen LogP contribution is 2.14. The summed E-state index contributed by atoms with van der Waals surface area (Å²) < 4.78 is 0. The van der Waals surface area contributed by atoms with E-state index in [2.05, 4.69) is 10.6 Å². The first kappa shape index (κ1) is 14.9. The normalized spacial score (nSPS) is 10.1. The Bertz CT molecular complexity index is 478. The maximum Gasteiger partial charge on any atom is 0.231 e. The number of ketones is 1. The average molecular weight is 262 g/mol. The molecule has 0 radical (unpaired) electrons. The van der Waals surface area contributed by atoms with E-state index in [1.54, 1.807) is 24.3 Å². The number of nitrogens with one attached hydrogen (secondary N) is 2. The topological polar surface area (TPSA) is 75.3 Å². The van der Waals surface area contributed by atoms with Crippen LogP contribution >= 0.6 is 0 Å². The smallest absolute Gasteiger partial charge is 0.231 e. The van der Waals surface area contributed by atoms with Crippen LogP contribution in [-0.4, -0.2) is 17.6 Å². The first-order valence-electron chi connectivity index (χ1n) is 6.08. The minimum atomic E-state index is -0.341. The van der Waals surface area contributed by atoms with Gasteiger partial charge < -0.3 is 10.6 Å². The Morgan fingerprint density at radius 1 is 1.00 bits per heavy atom. The summed E-state index contributed by atoms with van der Waals surface area (Å²) in [6.07, 6.45) is -0.133. The second kappa shape index (κ2) is 6.68. The molecule has 0 aliphatic carbocycles. The van der Waals surface area contributed by atoms with Crippen molar-refractivity contribution < 1.29 is 14.4 Å². The van der Waals surface area contributed by atoms with E-state index in [0.29, 0.717) is 11.4 Å². The third-order valence-corrected chi connectivity index (χ3v) is 2.37. The standard InChI is InChI=1S/C14H18N2O3/c1-9(2)14(19)16-12-6-4-11(5-7-12)15-13(18)8-10(3)17/h4-7,9H,8H2,1-3H3,(H,15,18)(H,16,19). The van der Waals surface area contributed by atoms with E-state index in [1.165, 1.54) is 6.92 Å². The molecule has 1 aromatic rings. The highest BCUT2D eigenvalue weighted by molar-refractivity contribution is 6.03. The third kappa shape index (κ3) is 5.33. The molecule has 1 aromatic carbocycles. The predicted octanol–water partition coefficient (Wildman–Crippen LogP) is 2.20. The zero-order valence-corrected chi connectivity index (χ0v) is 11.3. The lowest BCUT2D eigenvalue weighted by Gasteiger charge is -2.09. The van der Waals surface area contributed by atoms with Crippen LogP contribution in [0.4, 0.5) is 11.4 Å². The molecular weight excluding hydrogens is 244 g/mol. The van der Waals surface area contributed by atoms with Crippen LogP contribution in [0.25, 0.3) is 0 Å². The van der Waals surface area contributed by atoms with Gasteiger partial charge in [-0.2, -0.15) is 0 Å². The van der Waals surface area contributed by atoms with Gasteiger partial charge in [-0.25, -0.2) is 0 Å². The summed E-state index contributed by atoms with van der Waals surface area (Å²) in [7, 11) is 0. The van der Waals surface area contributed by atoms with Crippen LogP contribution in [0.5, 0.6) is 0 Å². The number of anilines is 2. The van der Waals surface area contributed by atoms with Gasteiger partial charge in [-0.3, -0.25) is 14.4 Å². The van der Waals surface area contributed by atoms with E-state index in [9.17, 15) is 14.4 Å². The van der Waals surface area contributed by atoms with Crippen molar-refractivity contribution in [1.82, 2.24) is 0 Å². The van der Waals surface area contributed by atoms with Crippen molar-refractivity contribution in [1.29, 1.82) is 0 Å².